The third-order valence-electron chi connectivity index (χ3n) is 2.57. The number of halogens is 3. The zero-order valence-corrected chi connectivity index (χ0v) is 9.82. The minimum absolute atomic E-state index is 0.316. The summed E-state index contributed by atoms with van der Waals surface area (Å²) in [5, 5.41) is 0. The Kier molecular flexibility index (Phi) is 3.02. The summed E-state index contributed by atoms with van der Waals surface area (Å²) in [6.45, 7) is 1.85. The second kappa shape index (κ2) is 4.36. The molecule has 0 radical (unpaired) electrons. The minimum atomic E-state index is -4.33. The van der Waals surface area contributed by atoms with Gasteiger partial charge < -0.3 is 9.30 Å². The summed E-state index contributed by atoms with van der Waals surface area (Å²) < 4.78 is 44.2. The smallest absolute Gasteiger partial charge is 0.416 e. The Bertz CT molecular complexity index is 543. The molecule has 0 N–H and O–H groups in total. The molecular formula is C12H11F3N2O. The monoisotopic (exact) mass is 256 g/mol. The van der Waals surface area contributed by atoms with E-state index in [1.807, 2.05) is 6.92 Å². The average Bonchev–Trinajstić information content (AvgIpc) is 2.61. The van der Waals surface area contributed by atoms with Crippen LogP contribution in [0.15, 0.2) is 30.5 Å². The third-order valence-corrected chi connectivity index (χ3v) is 2.57. The minimum Gasteiger partial charge on any atom is -0.426 e. The first kappa shape index (κ1) is 12.5. The number of alkyl halides is 3. The summed E-state index contributed by atoms with van der Waals surface area (Å²) in [6, 6.07) is 4.84. The molecule has 0 saturated heterocycles. The van der Waals surface area contributed by atoms with Gasteiger partial charge in [0, 0.05) is 12.7 Å². The van der Waals surface area contributed by atoms with E-state index in [1.165, 1.54) is 12.1 Å². The van der Waals surface area contributed by atoms with Gasteiger partial charge in [-0.25, -0.2) is 4.98 Å². The van der Waals surface area contributed by atoms with Crippen LogP contribution in [0.2, 0.25) is 0 Å². The predicted molar refractivity (Wildman–Crippen MR) is 59.5 cm³/mol. The van der Waals surface area contributed by atoms with Crippen LogP contribution >= 0.6 is 0 Å². The van der Waals surface area contributed by atoms with Crippen molar-refractivity contribution in [3.63, 3.8) is 0 Å². The van der Waals surface area contributed by atoms with Crippen molar-refractivity contribution >= 4 is 0 Å². The van der Waals surface area contributed by atoms with E-state index >= 15 is 0 Å². The lowest BCUT2D eigenvalue weighted by Gasteiger charge is -2.08. The molecule has 0 aliphatic rings. The summed E-state index contributed by atoms with van der Waals surface area (Å²) in [4.78, 5) is 4.00. The molecular weight excluding hydrogens is 245 g/mol. The molecule has 0 aliphatic heterocycles. The van der Waals surface area contributed by atoms with E-state index in [0.29, 0.717) is 11.8 Å². The molecule has 2 rings (SSSR count). The molecule has 1 aromatic heterocycles. The fourth-order valence-corrected chi connectivity index (χ4v) is 1.38. The quantitative estimate of drug-likeness (QED) is 0.821. The zero-order chi connectivity index (χ0) is 13.3. The van der Waals surface area contributed by atoms with Crippen LogP contribution in [0.4, 0.5) is 13.2 Å². The van der Waals surface area contributed by atoms with E-state index in [-0.39, 0.29) is 0 Å². The van der Waals surface area contributed by atoms with Gasteiger partial charge in [0.2, 0.25) is 0 Å². The normalized spacial score (nSPS) is 11.6. The molecule has 96 valence electrons. The summed E-state index contributed by atoms with van der Waals surface area (Å²) >= 11 is 0. The Balaban J connectivity index is 2.19. The lowest BCUT2D eigenvalue weighted by molar-refractivity contribution is -0.137. The van der Waals surface area contributed by atoms with E-state index in [9.17, 15) is 13.2 Å². The van der Waals surface area contributed by atoms with Crippen molar-refractivity contribution in [2.45, 2.75) is 13.1 Å². The zero-order valence-electron chi connectivity index (χ0n) is 9.82. The van der Waals surface area contributed by atoms with Crippen molar-refractivity contribution in [1.29, 1.82) is 0 Å². The van der Waals surface area contributed by atoms with Crippen LogP contribution in [-0.2, 0) is 13.2 Å². The number of aromatic nitrogens is 2. The lowest BCUT2D eigenvalue weighted by Crippen LogP contribution is -2.04. The predicted octanol–water partition coefficient (Wildman–Crippen LogP) is 3.54. The van der Waals surface area contributed by atoms with Crippen LogP contribution < -0.4 is 4.74 Å². The lowest BCUT2D eigenvalue weighted by atomic mass is 10.2. The summed E-state index contributed by atoms with van der Waals surface area (Å²) in [6.07, 6.45) is -2.71. The molecule has 1 aromatic carbocycles. The summed E-state index contributed by atoms with van der Waals surface area (Å²) in [7, 11) is 1.77. The highest BCUT2D eigenvalue weighted by Crippen LogP contribution is 2.31. The topological polar surface area (TPSA) is 27.1 Å². The maximum atomic E-state index is 12.4. The van der Waals surface area contributed by atoms with Gasteiger partial charge in [-0.15, -0.1) is 0 Å². The van der Waals surface area contributed by atoms with E-state index in [2.05, 4.69) is 4.98 Å². The molecule has 6 heteroatoms. The Morgan fingerprint density at radius 2 is 1.78 bits per heavy atom. The van der Waals surface area contributed by atoms with Crippen molar-refractivity contribution in [1.82, 2.24) is 9.55 Å². The van der Waals surface area contributed by atoms with Gasteiger partial charge in [0.15, 0.2) is 0 Å². The molecule has 0 fully saturated rings. The van der Waals surface area contributed by atoms with E-state index in [4.69, 9.17) is 4.74 Å². The highest BCUT2D eigenvalue weighted by Gasteiger charge is 2.30. The van der Waals surface area contributed by atoms with Gasteiger partial charge >= 0.3 is 12.2 Å². The highest BCUT2D eigenvalue weighted by molar-refractivity contribution is 5.30. The molecule has 0 saturated carbocycles. The maximum Gasteiger partial charge on any atom is 0.416 e. The van der Waals surface area contributed by atoms with Crippen LogP contribution in [0.25, 0.3) is 0 Å². The van der Waals surface area contributed by atoms with Crippen molar-refractivity contribution in [3.05, 3.63) is 41.7 Å². The fourth-order valence-electron chi connectivity index (χ4n) is 1.38. The van der Waals surface area contributed by atoms with Gasteiger partial charge in [-0.1, -0.05) is 0 Å². The first-order valence-electron chi connectivity index (χ1n) is 5.21. The number of benzene rings is 1. The van der Waals surface area contributed by atoms with Crippen molar-refractivity contribution < 1.29 is 17.9 Å². The van der Waals surface area contributed by atoms with Crippen molar-refractivity contribution in [2.24, 2.45) is 7.05 Å². The summed E-state index contributed by atoms with van der Waals surface area (Å²) in [5.41, 5.74) is 0.197. The van der Waals surface area contributed by atoms with Gasteiger partial charge in [-0.2, -0.15) is 13.2 Å². The molecule has 0 atom stereocenters. The number of hydrogen-bond donors (Lipinski definition) is 0. The largest absolute Gasteiger partial charge is 0.426 e. The Hall–Kier alpha value is -1.98. The van der Waals surface area contributed by atoms with Crippen LogP contribution in [0.5, 0.6) is 11.8 Å². The molecule has 0 aliphatic carbocycles. The maximum absolute atomic E-state index is 12.4. The standard InChI is InChI=1S/C12H11F3N2O/c1-8-7-16-11(17(8)2)18-10-5-3-9(4-6-10)12(13,14)15/h3-7H,1-2H3. The van der Waals surface area contributed by atoms with Crippen LogP contribution in [0.1, 0.15) is 11.3 Å². The Morgan fingerprint density at radius 1 is 1.17 bits per heavy atom. The van der Waals surface area contributed by atoms with Gasteiger partial charge in [0.05, 0.1) is 11.8 Å². The molecule has 18 heavy (non-hydrogen) atoms. The summed E-state index contributed by atoms with van der Waals surface area (Å²) in [5.74, 6) is 0.316. The second-order valence-corrected chi connectivity index (χ2v) is 3.87. The number of hydrogen-bond acceptors (Lipinski definition) is 2. The van der Waals surface area contributed by atoms with Gasteiger partial charge in [0.25, 0.3) is 0 Å². The van der Waals surface area contributed by atoms with E-state index < -0.39 is 11.7 Å². The van der Waals surface area contributed by atoms with Gasteiger partial charge in [-0.05, 0) is 31.2 Å². The number of aryl methyl sites for hydroxylation is 1. The Morgan fingerprint density at radius 3 is 2.22 bits per heavy atom. The first-order valence-corrected chi connectivity index (χ1v) is 5.21. The first-order chi connectivity index (χ1) is 8.38. The van der Waals surface area contributed by atoms with E-state index in [1.54, 1.807) is 17.8 Å². The number of rotatable bonds is 2. The average molecular weight is 256 g/mol. The van der Waals surface area contributed by atoms with Crippen LogP contribution in [0, 0.1) is 6.92 Å². The highest BCUT2D eigenvalue weighted by atomic mass is 19.4. The number of ether oxygens (including phenoxy) is 1. The third kappa shape index (κ3) is 2.47. The van der Waals surface area contributed by atoms with Crippen LogP contribution in [0.3, 0.4) is 0 Å². The molecule has 0 spiro atoms. The fraction of sp³-hybridized carbons (Fsp3) is 0.250. The molecule has 0 bridgehead atoms. The second-order valence-electron chi connectivity index (χ2n) is 3.87. The molecule has 1 heterocycles. The molecule has 0 unspecified atom stereocenters. The van der Waals surface area contributed by atoms with Crippen molar-refractivity contribution in [2.75, 3.05) is 0 Å². The number of imidazole rings is 1. The van der Waals surface area contributed by atoms with Gasteiger partial charge in [0.1, 0.15) is 5.75 Å². The van der Waals surface area contributed by atoms with Crippen LogP contribution in [-0.4, -0.2) is 9.55 Å². The molecule has 0 amide bonds. The van der Waals surface area contributed by atoms with Crippen molar-refractivity contribution in [3.8, 4) is 11.8 Å². The SMILES string of the molecule is Cc1cnc(Oc2ccc(C(F)(F)F)cc2)n1C. The molecule has 2 aromatic rings. The number of nitrogens with zero attached hydrogens (tertiary/aromatic N) is 2. The van der Waals surface area contributed by atoms with E-state index in [0.717, 1.165) is 17.8 Å². The van der Waals surface area contributed by atoms with Gasteiger partial charge in [-0.3, -0.25) is 0 Å². The Labute approximate surface area is 102 Å². The molecule has 3 nitrogen and oxygen atoms in total.